The molecule has 0 atom stereocenters. The summed E-state index contributed by atoms with van der Waals surface area (Å²) in [5.74, 6) is 0.130. The van der Waals surface area contributed by atoms with Gasteiger partial charge in [0.1, 0.15) is 0 Å². The van der Waals surface area contributed by atoms with Crippen LogP contribution in [0.1, 0.15) is 75.2 Å². The van der Waals surface area contributed by atoms with Crippen LogP contribution in [0.25, 0.3) is 0 Å². The Morgan fingerprint density at radius 2 is 1.35 bits per heavy atom. The zero-order valence-corrected chi connectivity index (χ0v) is 15.1. The molecule has 120 valence electrons. The molecule has 0 heterocycles. The highest BCUT2D eigenvalue weighted by atomic mass is 16.2. The number of hydrogen-bond donors (Lipinski definition) is 2. The summed E-state index contributed by atoms with van der Waals surface area (Å²) in [7, 11) is 0. The van der Waals surface area contributed by atoms with Crippen molar-refractivity contribution in [2.45, 2.75) is 80.7 Å². The summed E-state index contributed by atoms with van der Waals surface area (Å²) in [5, 5.41) is 3.22. The second-order valence-electron chi connectivity index (χ2n) is 9.50. The first-order valence-corrected chi connectivity index (χ1v) is 7.63. The lowest BCUT2D eigenvalue weighted by Gasteiger charge is -2.39. The van der Waals surface area contributed by atoms with Crippen LogP contribution in [0.4, 0.5) is 0 Å². The molecule has 0 aromatic heterocycles. The van der Waals surface area contributed by atoms with Gasteiger partial charge in [-0.15, -0.1) is 0 Å². The number of amides is 1. The predicted molar refractivity (Wildman–Crippen MR) is 87.5 cm³/mol. The van der Waals surface area contributed by atoms with Gasteiger partial charge in [-0.1, -0.05) is 48.5 Å². The third-order valence-corrected chi connectivity index (χ3v) is 3.51. The van der Waals surface area contributed by atoms with Gasteiger partial charge in [0.25, 0.3) is 0 Å². The fourth-order valence-corrected chi connectivity index (χ4v) is 3.20. The molecule has 20 heavy (non-hydrogen) atoms. The van der Waals surface area contributed by atoms with E-state index in [0.717, 1.165) is 12.8 Å². The second-order valence-corrected chi connectivity index (χ2v) is 9.50. The molecule has 0 rings (SSSR count). The van der Waals surface area contributed by atoms with Crippen molar-refractivity contribution in [3.8, 4) is 0 Å². The summed E-state index contributed by atoms with van der Waals surface area (Å²) in [4.78, 5) is 12.6. The fourth-order valence-electron chi connectivity index (χ4n) is 3.20. The SMILES string of the molecule is CC(C)(C)CC(C)(C)C(=O)NC(C)(C)CC(C)(C)CN. The lowest BCUT2D eigenvalue weighted by atomic mass is 9.74. The van der Waals surface area contributed by atoms with Crippen LogP contribution in [0.2, 0.25) is 0 Å². The molecule has 3 nitrogen and oxygen atoms in total. The molecule has 0 aliphatic carbocycles. The Morgan fingerprint density at radius 3 is 1.70 bits per heavy atom. The van der Waals surface area contributed by atoms with Crippen molar-refractivity contribution in [2.75, 3.05) is 6.54 Å². The van der Waals surface area contributed by atoms with E-state index in [2.05, 4.69) is 53.8 Å². The number of hydrogen-bond acceptors (Lipinski definition) is 2. The van der Waals surface area contributed by atoms with Gasteiger partial charge in [0.05, 0.1) is 0 Å². The maximum Gasteiger partial charge on any atom is 0.226 e. The molecule has 3 heteroatoms. The Morgan fingerprint density at radius 1 is 0.900 bits per heavy atom. The van der Waals surface area contributed by atoms with Crippen LogP contribution >= 0.6 is 0 Å². The zero-order chi connectivity index (χ0) is 16.4. The normalized spacial score (nSPS) is 14.3. The van der Waals surface area contributed by atoms with Crippen molar-refractivity contribution < 1.29 is 4.79 Å². The Balaban J connectivity index is 4.81. The molecule has 0 aliphatic heterocycles. The van der Waals surface area contributed by atoms with Gasteiger partial charge in [-0.05, 0) is 44.1 Å². The van der Waals surface area contributed by atoms with E-state index < -0.39 is 0 Å². The van der Waals surface area contributed by atoms with Gasteiger partial charge in [0.2, 0.25) is 5.91 Å². The van der Waals surface area contributed by atoms with Crippen molar-refractivity contribution in [1.82, 2.24) is 5.32 Å². The van der Waals surface area contributed by atoms with Gasteiger partial charge in [-0.2, -0.15) is 0 Å². The standard InChI is InChI=1S/C17H36N2O/c1-14(2,3)10-16(6,7)13(20)19-17(8,9)11-15(4,5)12-18/h10-12,18H2,1-9H3,(H,19,20). The topological polar surface area (TPSA) is 55.1 Å². The van der Waals surface area contributed by atoms with Gasteiger partial charge in [0, 0.05) is 11.0 Å². The highest BCUT2D eigenvalue weighted by Gasteiger charge is 2.36. The monoisotopic (exact) mass is 284 g/mol. The maximum absolute atomic E-state index is 12.6. The van der Waals surface area contributed by atoms with Gasteiger partial charge in [-0.25, -0.2) is 0 Å². The summed E-state index contributed by atoms with van der Waals surface area (Å²) in [5.41, 5.74) is 5.37. The summed E-state index contributed by atoms with van der Waals surface area (Å²) in [6.07, 6.45) is 1.73. The number of carbonyl (C=O) groups is 1. The molecular formula is C17H36N2O. The molecule has 1 amide bonds. The minimum absolute atomic E-state index is 0.0327. The summed E-state index contributed by atoms with van der Waals surface area (Å²) in [6.45, 7) is 19.6. The highest BCUT2D eigenvalue weighted by Crippen LogP contribution is 2.34. The first kappa shape index (κ1) is 19.4. The van der Waals surface area contributed by atoms with E-state index in [1.165, 1.54) is 0 Å². The molecule has 0 aromatic carbocycles. The number of carbonyl (C=O) groups excluding carboxylic acids is 1. The van der Waals surface area contributed by atoms with Crippen LogP contribution in [-0.4, -0.2) is 18.0 Å². The molecule has 0 radical (unpaired) electrons. The van der Waals surface area contributed by atoms with Crippen LogP contribution < -0.4 is 11.1 Å². The Labute approximate surface area is 126 Å². The number of rotatable bonds is 6. The van der Waals surface area contributed by atoms with E-state index in [9.17, 15) is 4.79 Å². The largest absolute Gasteiger partial charge is 0.351 e. The molecule has 0 aliphatic rings. The maximum atomic E-state index is 12.6. The molecule has 0 saturated heterocycles. The molecule has 0 aromatic rings. The Kier molecular flexibility index (Phi) is 5.87. The van der Waals surface area contributed by atoms with Gasteiger partial charge in [-0.3, -0.25) is 4.79 Å². The van der Waals surface area contributed by atoms with Crippen molar-refractivity contribution >= 4 is 5.91 Å². The molecule has 0 bridgehead atoms. The van der Waals surface area contributed by atoms with E-state index in [-0.39, 0.29) is 27.7 Å². The number of nitrogens with two attached hydrogens (primary N) is 1. The Hall–Kier alpha value is -0.570. The number of nitrogens with one attached hydrogen (secondary N) is 1. The second kappa shape index (κ2) is 6.05. The predicted octanol–water partition coefficient (Wildman–Crippen LogP) is 3.72. The van der Waals surface area contributed by atoms with E-state index in [1.54, 1.807) is 0 Å². The molecule has 0 saturated carbocycles. The highest BCUT2D eigenvalue weighted by molar-refractivity contribution is 5.82. The quantitative estimate of drug-likeness (QED) is 0.781. The van der Waals surface area contributed by atoms with Crippen molar-refractivity contribution in [1.29, 1.82) is 0 Å². The van der Waals surface area contributed by atoms with Crippen LogP contribution in [0.3, 0.4) is 0 Å². The van der Waals surface area contributed by atoms with Crippen molar-refractivity contribution in [2.24, 2.45) is 22.0 Å². The smallest absolute Gasteiger partial charge is 0.226 e. The lowest BCUT2D eigenvalue weighted by Crippen LogP contribution is -2.52. The van der Waals surface area contributed by atoms with Gasteiger partial charge >= 0.3 is 0 Å². The minimum atomic E-state index is -0.359. The van der Waals surface area contributed by atoms with Crippen LogP contribution in [0, 0.1) is 16.2 Å². The van der Waals surface area contributed by atoms with Gasteiger partial charge < -0.3 is 11.1 Å². The molecule has 0 fully saturated rings. The van der Waals surface area contributed by atoms with Crippen LogP contribution in [-0.2, 0) is 4.79 Å². The van der Waals surface area contributed by atoms with Gasteiger partial charge in [0.15, 0.2) is 0 Å². The van der Waals surface area contributed by atoms with E-state index >= 15 is 0 Å². The van der Waals surface area contributed by atoms with Crippen molar-refractivity contribution in [3.05, 3.63) is 0 Å². The average Bonchev–Trinajstić information content (AvgIpc) is 2.11. The third kappa shape index (κ3) is 7.28. The van der Waals surface area contributed by atoms with E-state index in [0.29, 0.717) is 6.54 Å². The molecule has 0 unspecified atom stereocenters. The first-order chi connectivity index (χ1) is 8.60. The zero-order valence-electron chi connectivity index (χ0n) is 15.1. The molecule has 3 N–H and O–H groups in total. The fraction of sp³-hybridized carbons (Fsp3) is 0.941. The van der Waals surface area contributed by atoms with E-state index in [1.807, 2.05) is 13.8 Å². The molecular weight excluding hydrogens is 248 g/mol. The minimum Gasteiger partial charge on any atom is -0.351 e. The summed E-state index contributed by atoms with van der Waals surface area (Å²) in [6, 6.07) is 0. The average molecular weight is 284 g/mol. The third-order valence-electron chi connectivity index (χ3n) is 3.51. The van der Waals surface area contributed by atoms with Crippen LogP contribution in [0.15, 0.2) is 0 Å². The molecule has 0 spiro atoms. The lowest BCUT2D eigenvalue weighted by molar-refractivity contribution is -0.132. The summed E-state index contributed by atoms with van der Waals surface area (Å²) < 4.78 is 0. The van der Waals surface area contributed by atoms with E-state index in [4.69, 9.17) is 5.73 Å². The van der Waals surface area contributed by atoms with Crippen molar-refractivity contribution in [3.63, 3.8) is 0 Å². The Bertz CT molecular complexity index is 335. The first-order valence-electron chi connectivity index (χ1n) is 7.63. The van der Waals surface area contributed by atoms with Crippen LogP contribution in [0.5, 0.6) is 0 Å². The summed E-state index contributed by atoms with van der Waals surface area (Å²) >= 11 is 0.